The lowest BCUT2D eigenvalue weighted by Crippen LogP contribution is -1.92. The first-order chi connectivity index (χ1) is 8.60. The van der Waals surface area contributed by atoms with Gasteiger partial charge in [-0.2, -0.15) is 0 Å². The Hall–Kier alpha value is -1.35. The Morgan fingerprint density at radius 1 is 1.11 bits per heavy atom. The second-order valence-electron chi connectivity index (χ2n) is 4.26. The van der Waals surface area contributed by atoms with E-state index in [2.05, 4.69) is 22.0 Å². The van der Waals surface area contributed by atoms with Gasteiger partial charge in [0.15, 0.2) is 0 Å². The van der Waals surface area contributed by atoms with Gasteiger partial charge in [0.25, 0.3) is 0 Å². The molecule has 0 aliphatic heterocycles. The van der Waals surface area contributed by atoms with Crippen LogP contribution in [0, 0.1) is 19.7 Å². The third kappa shape index (κ3) is 2.91. The van der Waals surface area contributed by atoms with Gasteiger partial charge in [-0.05, 0) is 31.5 Å². The van der Waals surface area contributed by atoms with Gasteiger partial charge in [-0.3, -0.25) is 0 Å². The Morgan fingerprint density at radius 2 is 1.89 bits per heavy atom. The molecular formula is C15H14BrFO. The highest BCUT2D eigenvalue weighted by Crippen LogP contribution is 2.28. The summed E-state index contributed by atoms with van der Waals surface area (Å²) >= 11 is 3.43. The van der Waals surface area contributed by atoms with E-state index in [4.69, 9.17) is 4.74 Å². The van der Waals surface area contributed by atoms with Crippen molar-refractivity contribution in [2.75, 3.05) is 0 Å². The third-order valence-corrected chi connectivity index (χ3v) is 3.34. The zero-order valence-electron chi connectivity index (χ0n) is 10.3. The van der Waals surface area contributed by atoms with Crippen LogP contribution in [0.5, 0.6) is 11.5 Å². The summed E-state index contributed by atoms with van der Waals surface area (Å²) in [4.78, 5) is 0. The van der Waals surface area contributed by atoms with Crippen molar-refractivity contribution in [2.45, 2.75) is 19.2 Å². The Balaban J connectivity index is 2.30. The molecule has 2 aromatic carbocycles. The van der Waals surface area contributed by atoms with E-state index in [1.807, 2.05) is 19.1 Å². The molecule has 0 unspecified atom stereocenters. The number of hydrogen-bond acceptors (Lipinski definition) is 1. The van der Waals surface area contributed by atoms with E-state index in [-0.39, 0.29) is 5.82 Å². The maximum Gasteiger partial charge on any atom is 0.131 e. The molecule has 0 amide bonds. The Morgan fingerprint density at radius 3 is 2.56 bits per heavy atom. The lowest BCUT2D eigenvalue weighted by atomic mass is 10.1. The van der Waals surface area contributed by atoms with E-state index in [0.29, 0.717) is 16.6 Å². The van der Waals surface area contributed by atoms with Crippen LogP contribution in [0.15, 0.2) is 36.4 Å². The molecule has 0 N–H and O–H groups in total. The second kappa shape index (κ2) is 5.53. The zero-order valence-corrected chi connectivity index (χ0v) is 11.9. The van der Waals surface area contributed by atoms with E-state index in [1.54, 1.807) is 19.1 Å². The van der Waals surface area contributed by atoms with Crippen LogP contribution < -0.4 is 4.74 Å². The summed E-state index contributed by atoms with van der Waals surface area (Å²) in [6.07, 6.45) is 0. The minimum atomic E-state index is -0.250. The lowest BCUT2D eigenvalue weighted by Gasteiger charge is -2.11. The number of aryl methyl sites for hydroxylation is 2. The molecule has 0 atom stereocenters. The van der Waals surface area contributed by atoms with Gasteiger partial charge >= 0.3 is 0 Å². The molecule has 0 bridgehead atoms. The molecule has 1 nitrogen and oxygen atoms in total. The van der Waals surface area contributed by atoms with Gasteiger partial charge < -0.3 is 4.74 Å². The molecule has 0 aliphatic carbocycles. The molecule has 2 rings (SSSR count). The summed E-state index contributed by atoms with van der Waals surface area (Å²) in [5, 5.41) is 0.707. The van der Waals surface area contributed by atoms with Crippen LogP contribution in [0.25, 0.3) is 0 Å². The molecule has 94 valence electrons. The van der Waals surface area contributed by atoms with Crippen molar-refractivity contribution < 1.29 is 9.13 Å². The molecule has 0 radical (unpaired) electrons. The van der Waals surface area contributed by atoms with Gasteiger partial charge in [-0.1, -0.05) is 39.7 Å². The third-order valence-electron chi connectivity index (χ3n) is 2.73. The van der Waals surface area contributed by atoms with Crippen molar-refractivity contribution in [2.24, 2.45) is 0 Å². The number of alkyl halides is 1. The van der Waals surface area contributed by atoms with Crippen molar-refractivity contribution in [1.82, 2.24) is 0 Å². The molecule has 0 aliphatic rings. The van der Waals surface area contributed by atoms with Gasteiger partial charge in [0, 0.05) is 17.0 Å². The van der Waals surface area contributed by atoms with Gasteiger partial charge in [-0.25, -0.2) is 4.39 Å². The molecule has 0 aromatic heterocycles. The van der Waals surface area contributed by atoms with Crippen LogP contribution in [0.4, 0.5) is 4.39 Å². The molecule has 0 saturated heterocycles. The van der Waals surface area contributed by atoms with Crippen molar-refractivity contribution in [3.8, 4) is 11.5 Å². The molecule has 0 saturated carbocycles. The second-order valence-corrected chi connectivity index (χ2v) is 4.82. The molecular weight excluding hydrogens is 295 g/mol. The molecule has 0 spiro atoms. The summed E-state index contributed by atoms with van der Waals surface area (Å²) in [7, 11) is 0. The van der Waals surface area contributed by atoms with E-state index >= 15 is 0 Å². The standard InChI is InChI=1S/C15H14BrFO/c1-10-3-6-15(12(7-10)9-16)18-13-5-4-11(2)14(17)8-13/h3-8H,9H2,1-2H3. The fourth-order valence-electron chi connectivity index (χ4n) is 1.68. The highest BCUT2D eigenvalue weighted by Gasteiger charge is 2.06. The van der Waals surface area contributed by atoms with Gasteiger partial charge in [0.05, 0.1) is 0 Å². The summed E-state index contributed by atoms with van der Waals surface area (Å²) in [6.45, 7) is 3.76. The van der Waals surface area contributed by atoms with Gasteiger partial charge in [0.2, 0.25) is 0 Å². The Kier molecular flexibility index (Phi) is 4.02. The topological polar surface area (TPSA) is 9.23 Å². The predicted molar refractivity (Wildman–Crippen MR) is 75.0 cm³/mol. The first kappa shape index (κ1) is 13.1. The molecule has 0 fully saturated rings. The fraction of sp³-hybridized carbons (Fsp3) is 0.200. The van der Waals surface area contributed by atoms with Crippen LogP contribution in [0.2, 0.25) is 0 Å². The first-order valence-corrected chi connectivity index (χ1v) is 6.82. The number of halogens is 2. The van der Waals surface area contributed by atoms with Crippen LogP contribution >= 0.6 is 15.9 Å². The number of rotatable bonds is 3. The average Bonchev–Trinajstić information content (AvgIpc) is 2.36. The smallest absolute Gasteiger partial charge is 0.131 e. The zero-order chi connectivity index (χ0) is 13.1. The van der Waals surface area contributed by atoms with Crippen molar-refractivity contribution >= 4 is 15.9 Å². The first-order valence-electron chi connectivity index (χ1n) is 5.69. The normalized spacial score (nSPS) is 10.4. The predicted octanol–water partition coefficient (Wildman–Crippen LogP) is 5.13. The van der Waals surface area contributed by atoms with Crippen LogP contribution in [-0.2, 0) is 5.33 Å². The minimum Gasteiger partial charge on any atom is -0.457 e. The van der Waals surface area contributed by atoms with Gasteiger partial charge in [-0.15, -0.1) is 0 Å². The summed E-state index contributed by atoms with van der Waals surface area (Å²) in [6, 6.07) is 10.8. The number of benzene rings is 2. The highest BCUT2D eigenvalue weighted by atomic mass is 79.9. The van der Waals surface area contributed by atoms with E-state index in [1.165, 1.54) is 11.6 Å². The Bertz CT molecular complexity index is 566. The Labute approximate surface area is 115 Å². The fourth-order valence-corrected chi connectivity index (χ4v) is 2.11. The van der Waals surface area contributed by atoms with Crippen LogP contribution in [0.3, 0.4) is 0 Å². The lowest BCUT2D eigenvalue weighted by molar-refractivity contribution is 0.472. The summed E-state index contributed by atoms with van der Waals surface area (Å²) < 4.78 is 19.2. The number of ether oxygens (including phenoxy) is 1. The summed E-state index contributed by atoms with van der Waals surface area (Å²) in [5.74, 6) is 1.02. The summed E-state index contributed by atoms with van der Waals surface area (Å²) in [5.41, 5.74) is 2.84. The highest BCUT2D eigenvalue weighted by molar-refractivity contribution is 9.08. The van der Waals surface area contributed by atoms with E-state index < -0.39 is 0 Å². The van der Waals surface area contributed by atoms with E-state index in [9.17, 15) is 4.39 Å². The monoisotopic (exact) mass is 308 g/mol. The van der Waals surface area contributed by atoms with Crippen molar-refractivity contribution in [3.63, 3.8) is 0 Å². The maximum absolute atomic E-state index is 13.4. The van der Waals surface area contributed by atoms with Crippen molar-refractivity contribution in [1.29, 1.82) is 0 Å². The number of hydrogen-bond donors (Lipinski definition) is 0. The minimum absolute atomic E-state index is 0.250. The van der Waals surface area contributed by atoms with Crippen LogP contribution in [-0.4, -0.2) is 0 Å². The molecule has 3 heteroatoms. The maximum atomic E-state index is 13.4. The molecule has 2 aromatic rings. The van der Waals surface area contributed by atoms with Crippen molar-refractivity contribution in [3.05, 3.63) is 58.9 Å². The largest absolute Gasteiger partial charge is 0.457 e. The van der Waals surface area contributed by atoms with Crippen LogP contribution in [0.1, 0.15) is 16.7 Å². The quantitative estimate of drug-likeness (QED) is 0.714. The molecule has 0 heterocycles. The average molecular weight is 309 g/mol. The van der Waals surface area contributed by atoms with Gasteiger partial charge in [0.1, 0.15) is 17.3 Å². The van der Waals surface area contributed by atoms with E-state index in [0.717, 1.165) is 11.3 Å². The SMILES string of the molecule is Cc1ccc(Oc2ccc(C)c(F)c2)c(CBr)c1. The molecule has 18 heavy (non-hydrogen) atoms.